The van der Waals surface area contributed by atoms with Gasteiger partial charge in [-0.15, -0.1) is 11.3 Å². The van der Waals surface area contributed by atoms with Crippen molar-refractivity contribution in [2.75, 3.05) is 0 Å². The van der Waals surface area contributed by atoms with E-state index in [4.69, 9.17) is 0 Å². The van der Waals surface area contributed by atoms with Crippen LogP contribution in [0.5, 0.6) is 0 Å². The number of hydrogen-bond donors (Lipinski definition) is 2. The zero-order valence-electron chi connectivity index (χ0n) is 16.3. The van der Waals surface area contributed by atoms with Crippen molar-refractivity contribution in [1.82, 2.24) is 4.90 Å². The van der Waals surface area contributed by atoms with Gasteiger partial charge in [-0.25, -0.2) is 13.6 Å². The Bertz CT molecular complexity index is 978. The number of carbonyl (C=O) groups is 3. The van der Waals surface area contributed by atoms with Crippen LogP contribution < -0.4 is 0 Å². The zero-order valence-corrected chi connectivity index (χ0v) is 17.2. The lowest BCUT2D eigenvalue weighted by Gasteiger charge is -2.39. The maximum absolute atomic E-state index is 13.8. The van der Waals surface area contributed by atoms with Crippen LogP contribution in [0.25, 0.3) is 0 Å². The molecule has 2 N–H and O–H groups in total. The van der Waals surface area contributed by atoms with E-state index in [1.54, 1.807) is 31.4 Å². The number of thiophene rings is 1. The van der Waals surface area contributed by atoms with Gasteiger partial charge in [0.05, 0.1) is 12.0 Å². The molecule has 3 atom stereocenters. The summed E-state index contributed by atoms with van der Waals surface area (Å²) in [4.78, 5) is 39.6. The molecule has 1 aromatic heterocycles. The molecule has 9 heteroatoms. The monoisotopic (exact) mass is 437 g/mol. The highest BCUT2D eigenvalue weighted by Crippen LogP contribution is 2.51. The number of carboxylic acids is 2. The van der Waals surface area contributed by atoms with Crippen LogP contribution in [0.1, 0.15) is 48.0 Å². The molecule has 0 radical (unpaired) electrons. The average molecular weight is 437 g/mol. The summed E-state index contributed by atoms with van der Waals surface area (Å²) in [6.45, 7) is 3.55. The molecular weight excluding hydrogens is 416 g/mol. The molecule has 1 saturated heterocycles. The number of amides is 1. The van der Waals surface area contributed by atoms with Crippen molar-refractivity contribution in [3.63, 3.8) is 0 Å². The number of nitrogens with zero attached hydrogens (tertiary/aromatic N) is 1. The first-order valence-electron chi connectivity index (χ1n) is 9.37. The summed E-state index contributed by atoms with van der Waals surface area (Å²) in [7, 11) is 0. The lowest BCUT2D eigenvalue weighted by atomic mass is 9.83. The van der Waals surface area contributed by atoms with Crippen LogP contribution >= 0.6 is 11.3 Å². The van der Waals surface area contributed by atoms with E-state index in [0.29, 0.717) is 10.9 Å². The van der Waals surface area contributed by atoms with Gasteiger partial charge in [0.25, 0.3) is 5.91 Å². The van der Waals surface area contributed by atoms with Crippen molar-refractivity contribution in [2.24, 2.45) is 11.8 Å². The van der Waals surface area contributed by atoms with Gasteiger partial charge in [-0.2, -0.15) is 0 Å². The van der Waals surface area contributed by atoms with Crippen molar-refractivity contribution >= 4 is 29.2 Å². The van der Waals surface area contributed by atoms with Gasteiger partial charge in [0, 0.05) is 10.4 Å². The van der Waals surface area contributed by atoms with E-state index < -0.39 is 47.0 Å². The highest BCUT2D eigenvalue weighted by molar-refractivity contribution is 7.10. The molecule has 1 aromatic carbocycles. The number of aliphatic carboxylic acids is 2. The number of carboxylic acid groups (broad SMARTS) is 2. The lowest BCUT2D eigenvalue weighted by molar-refractivity contribution is -0.150. The predicted octanol–water partition coefficient (Wildman–Crippen LogP) is 4.18. The van der Waals surface area contributed by atoms with E-state index in [1.807, 2.05) is 0 Å². The highest BCUT2D eigenvalue weighted by Gasteiger charge is 2.61. The molecule has 1 fully saturated rings. The first-order valence-corrected chi connectivity index (χ1v) is 10.2. The molecule has 2 heterocycles. The number of benzene rings is 1. The van der Waals surface area contributed by atoms with Gasteiger partial charge in [-0.3, -0.25) is 9.59 Å². The second kappa shape index (κ2) is 8.14. The Balaban J connectivity index is 2.23. The quantitative estimate of drug-likeness (QED) is 0.707. The topological polar surface area (TPSA) is 94.9 Å². The van der Waals surface area contributed by atoms with Crippen molar-refractivity contribution in [2.45, 2.75) is 38.3 Å². The first-order chi connectivity index (χ1) is 14.1. The minimum Gasteiger partial charge on any atom is -0.481 e. The first kappa shape index (κ1) is 21.9. The van der Waals surface area contributed by atoms with Crippen LogP contribution in [0.2, 0.25) is 0 Å². The largest absolute Gasteiger partial charge is 0.481 e. The number of rotatable bonds is 6. The Labute approximate surface area is 175 Å². The summed E-state index contributed by atoms with van der Waals surface area (Å²) >= 11 is 1.21. The average Bonchev–Trinajstić information content (AvgIpc) is 3.29. The minimum absolute atomic E-state index is 0.0173. The highest BCUT2D eigenvalue weighted by atomic mass is 32.1. The smallest absolute Gasteiger partial charge is 0.329 e. The van der Waals surface area contributed by atoms with Gasteiger partial charge in [-0.05, 0) is 48.4 Å². The van der Waals surface area contributed by atoms with E-state index in [9.17, 15) is 33.4 Å². The summed E-state index contributed by atoms with van der Waals surface area (Å²) in [5.74, 6) is -7.10. The molecular formula is C21H21F2NO5S. The van der Waals surface area contributed by atoms with Gasteiger partial charge in [0.15, 0.2) is 11.6 Å². The fraction of sp³-hybridized carbons (Fsp3) is 0.381. The van der Waals surface area contributed by atoms with Gasteiger partial charge >= 0.3 is 11.9 Å². The van der Waals surface area contributed by atoms with E-state index in [2.05, 4.69) is 0 Å². The van der Waals surface area contributed by atoms with Crippen molar-refractivity contribution < 1.29 is 33.4 Å². The number of hydrogen-bond acceptors (Lipinski definition) is 4. The number of carbonyl (C=O) groups excluding carboxylic acids is 1. The molecule has 1 amide bonds. The molecule has 1 aliphatic rings. The SMILES string of the molecule is CC(C)CC1(C(=O)O)CC(C(=O)O)C(c2cccs2)N1C(=O)c1ccc(F)c(F)c1. The molecule has 6 nitrogen and oxygen atoms in total. The van der Waals surface area contributed by atoms with Gasteiger partial charge in [0.1, 0.15) is 5.54 Å². The van der Waals surface area contributed by atoms with Crippen LogP contribution in [-0.4, -0.2) is 38.5 Å². The second-order valence-electron chi connectivity index (χ2n) is 7.85. The molecule has 160 valence electrons. The van der Waals surface area contributed by atoms with E-state index in [1.165, 1.54) is 11.3 Å². The maximum atomic E-state index is 13.8. The summed E-state index contributed by atoms with van der Waals surface area (Å²) in [6.07, 6.45) is -0.267. The van der Waals surface area contributed by atoms with Crippen molar-refractivity contribution in [3.8, 4) is 0 Å². The third-order valence-corrected chi connectivity index (χ3v) is 6.30. The molecule has 1 aliphatic heterocycles. The van der Waals surface area contributed by atoms with Crippen molar-refractivity contribution in [3.05, 3.63) is 57.8 Å². The normalized spacial score (nSPS) is 23.7. The van der Waals surface area contributed by atoms with Crippen LogP contribution in [0.3, 0.4) is 0 Å². The van der Waals surface area contributed by atoms with E-state index in [-0.39, 0.29) is 24.3 Å². The standard InChI is InChI=1S/C21H21F2NO5S/c1-11(2)9-21(20(28)29)10-13(19(26)27)17(16-4-3-7-30-16)24(21)18(25)12-5-6-14(22)15(23)8-12/h3-8,11,13,17H,9-10H2,1-2H3,(H,26,27)(H,28,29). The molecule has 0 spiro atoms. The maximum Gasteiger partial charge on any atom is 0.329 e. The zero-order chi connectivity index (χ0) is 22.2. The summed E-state index contributed by atoms with van der Waals surface area (Å²) in [5, 5.41) is 21.7. The fourth-order valence-corrected chi connectivity index (χ4v) is 5.13. The van der Waals surface area contributed by atoms with Gasteiger partial charge in [0.2, 0.25) is 0 Å². The number of likely N-dealkylation sites (tertiary alicyclic amines) is 1. The summed E-state index contributed by atoms with van der Waals surface area (Å²) in [5.41, 5.74) is -2.04. The Morgan fingerprint density at radius 3 is 2.40 bits per heavy atom. The molecule has 3 rings (SSSR count). The van der Waals surface area contributed by atoms with Crippen LogP contribution in [-0.2, 0) is 9.59 Å². The molecule has 0 bridgehead atoms. The fourth-order valence-electron chi connectivity index (χ4n) is 4.25. The Morgan fingerprint density at radius 2 is 1.90 bits per heavy atom. The Kier molecular flexibility index (Phi) is 5.94. The summed E-state index contributed by atoms with van der Waals surface area (Å²) in [6, 6.07) is 4.85. The third-order valence-electron chi connectivity index (χ3n) is 5.36. The molecule has 2 aromatic rings. The van der Waals surface area contributed by atoms with Gasteiger partial charge < -0.3 is 15.1 Å². The minimum atomic E-state index is -1.80. The summed E-state index contributed by atoms with van der Waals surface area (Å²) < 4.78 is 27.2. The van der Waals surface area contributed by atoms with Crippen LogP contribution in [0.4, 0.5) is 8.78 Å². The third kappa shape index (κ3) is 3.69. The van der Waals surface area contributed by atoms with Crippen LogP contribution in [0, 0.1) is 23.5 Å². The van der Waals surface area contributed by atoms with Crippen LogP contribution in [0.15, 0.2) is 35.7 Å². The number of halogens is 2. The molecule has 0 saturated carbocycles. The predicted molar refractivity (Wildman–Crippen MR) is 105 cm³/mol. The van der Waals surface area contributed by atoms with Crippen molar-refractivity contribution in [1.29, 1.82) is 0 Å². The molecule has 30 heavy (non-hydrogen) atoms. The second-order valence-corrected chi connectivity index (χ2v) is 8.83. The van der Waals surface area contributed by atoms with E-state index >= 15 is 0 Å². The lowest BCUT2D eigenvalue weighted by Crippen LogP contribution is -2.54. The van der Waals surface area contributed by atoms with E-state index in [0.717, 1.165) is 17.0 Å². The molecule has 0 aliphatic carbocycles. The Hall–Kier alpha value is -2.81. The van der Waals surface area contributed by atoms with Gasteiger partial charge in [-0.1, -0.05) is 19.9 Å². The Morgan fingerprint density at radius 1 is 1.20 bits per heavy atom. The molecule has 3 unspecified atom stereocenters.